The number of carbonyl (C=O) groups is 1. The molecule has 1 unspecified atom stereocenters. The van der Waals surface area contributed by atoms with E-state index in [1.807, 2.05) is 64.3 Å². The number of nitrogens with one attached hydrogen (secondary N) is 1. The van der Waals surface area contributed by atoms with Crippen molar-refractivity contribution in [2.24, 2.45) is 0 Å². The van der Waals surface area contributed by atoms with Crippen molar-refractivity contribution in [3.05, 3.63) is 96.7 Å². The molecular weight excluding hydrogens is 393 g/mol. The van der Waals surface area contributed by atoms with Crippen molar-refractivity contribution in [1.29, 1.82) is 0 Å². The molecule has 1 amide bonds. The maximum atomic E-state index is 13.4. The summed E-state index contributed by atoms with van der Waals surface area (Å²) in [4.78, 5) is 15.3. The van der Waals surface area contributed by atoms with Crippen LogP contribution in [0, 0.1) is 5.82 Å². The van der Waals surface area contributed by atoms with Crippen LogP contribution < -0.4 is 5.32 Å². The molecule has 1 saturated heterocycles. The SMILES string of the molecule is O=C(c1cnn(-c2ccc(F)cc2)c1-n1cccc1)N1CCC(Nc2ccccc2)C1. The van der Waals surface area contributed by atoms with Crippen LogP contribution in [-0.2, 0) is 0 Å². The summed E-state index contributed by atoms with van der Waals surface area (Å²) in [7, 11) is 0. The second-order valence-electron chi connectivity index (χ2n) is 7.61. The van der Waals surface area contributed by atoms with E-state index in [1.165, 1.54) is 12.1 Å². The molecule has 2 aromatic heterocycles. The fourth-order valence-electron chi connectivity index (χ4n) is 3.99. The first-order valence-electron chi connectivity index (χ1n) is 10.3. The van der Waals surface area contributed by atoms with Crippen LogP contribution in [0.4, 0.5) is 10.1 Å². The van der Waals surface area contributed by atoms with Crippen molar-refractivity contribution in [3.8, 4) is 11.5 Å². The van der Waals surface area contributed by atoms with Crippen molar-refractivity contribution < 1.29 is 9.18 Å². The molecule has 4 aromatic rings. The molecule has 2 aromatic carbocycles. The lowest BCUT2D eigenvalue weighted by Gasteiger charge is -2.18. The van der Waals surface area contributed by atoms with Crippen LogP contribution >= 0.6 is 0 Å². The molecule has 1 fully saturated rings. The smallest absolute Gasteiger partial charge is 0.259 e. The van der Waals surface area contributed by atoms with Gasteiger partial charge in [0.1, 0.15) is 11.4 Å². The Morgan fingerprint density at radius 3 is 2.48 bits per heavy atom. The number of carbonyl (C=O) groups excluding carboxylic acids is 1. The van der Waals surface area contributed by atoms with Gasteiger partial charge in [0.2, 0.25) is 0 Å². The normalized spacial score (nSPS) is 15.9. The van der Waals surface area contributed by atoms with Crippen LogP contribution in [0.1, 0.15) is 16.8 Å². The van der Waals surface area contributed by atoms with Gasteiger partial charge < -0.3 is 14.8 Å². The summed E-state index contributed by atoms with van der Waals surface area (Å²) in [5, 5.41) is 7.96. The van der Waals surface area contributed by atoms with Crippen molar-refractivity contribution in [2.45, 2.75) is 12.5 Å². The van der Waals surface area contributed by atoms with Gasteiger partial charge >= 0.3 is 0 Å². The van der Waals surface area contributed by atoms with Gasteiger partial charge in [-0.15, -0.1) is 0 Å². The second kappa shape index (κ2) is 8.10. The summed E-state index contributed by atoms with van der Waals surface area (Å²) in [6.07, 6.45) is 6.22. The predicted octanol–water partition coefficient (Wildman–Crippen LogP) is 4.13. The Morgan fingerprint density at radius 2 is 1.74 bits per heavy atom. The van der Waals surface area contributed by atoms with Gasteiger partial charge in [0.15, 0.2) is 5.82 Å². The third-order valence-corrected chi connectivity index (χ3v) is 5.51. The lowest BCUT2D eigenvalue weighted by molar-refractivity contribution is 0.0791. The lowest BCUT2D eigenvalue weighted by Crippen LogP contribution is -2.32. The molecule has 1 atom stereocenters. The zero-order valence-electron chi connectivity index (χ0n) is 16.9. The first-order valence-corrected chi connectivity index (χ1v) is 10.3. The van der Waals surface area contributed by atoms with Crippen LogP contribution in [0.25, 0.3) is 11.5 Å². The second-order valence-corrected chi connectivity index (χ2v) is 7.61. The first-order chi connectivity index (χ1) is 15.2. The minimum absolute atomic E-state index is 0.0607. The topological polar surface area (TPSA) is 55.1 Å². The average Bonchev–Trinajstić information content (AvgIpc) is 3.55. The molecule has 7 heteroatoms. The Kier molecular flexibility index (Phi) is 5.00. The van der Waals surface area contributed by atoms with Crippen LogP contribution in [0.3, 0.4) is 0 Å². The van der Waals surface area contributed by atoms with Crippen LogP contribution in [-0.4, -0.2) is 44.3 Å². The molecule has 0 saturated carbocycles. The summed E-state index contributed by atoms with van der Waals surface area (Å²) in [6, 6.07) is 20.1. The van der Waals surface area contributed by atoms with Gasteiger partial charge in [0.25, 0.3) is 5.91 Å². The molecule has 1 aliphatic heterocycles. The van der Waals surface area contributed by atoms with E-state index in [1.54, 1.807) is 23.0 Å². The molecule has 1 N–H and O–H groups in total. The molecule has 31 heavy (non-hydrogen) atoms. The van der Waals surface area contributed by atoms with Gasteiger partial charge in [0.05, 0.1) is 11.9 Å². The standard InChI is InChI=1S/C24H22FN5O/c25-18-8-10-21(11-9-18)30-23(28-13-4-5-14-28)22(16-26-30)24(31)29-15-12-20(17-29)27-19-6-2-1-3-7-19/h1-11,13-14,16,20,27H,12,15,17H2. The fourth-order valence-corrected chi connectivity index (χ4v) is 3.99. The number of benzene rings is 2. The van der Waals surface area contributed by atoms with Gasteiger partial charge in [-0.2, -0.15) is 5.10 Å². The maximum absolute atomic E-state index is 13.4. The lowest BCUT2D eigenvalue weighted by atomic mass is 10.2. The average molecular weight is 415 g/mol. The van der Waals surface area contributed by atoms with E-state index in [0.717, 1.165) is 12.1 Å². The van der Waals surface area contributed by atoms with Gasteiger partial charge in [-0.05, 0) is 55.0 Å². The van der Waals surface area contributed by atoms with E-state index in [4.69, 9.17) is 0 Å². The predicted molar refractivity (Wildman–Crippen MR) is 117 cm³/mol. The molecule has 5 rings (SSSR count). The number of anilines is 1. The van der Waals surface area contributed by atoms with Crippen molar-refractivity contribution in [3.63, 3.8) is 0 Å². The molecule has 3 heterocycles. The Balaban J connectivity index is 1.42. The van der Waals surface area contributed by atoms with Gasteiger partial charge in [-0.1, -0.05) is 18.2 Å². The van der Waals surface area contributed by atoms with E-state index in [2.05, 4.69) is 10.4 Å². The Labute approximate surface area is 179 Å². The van der Waals surface area contributed by atoms with Crippen LogP contribution in [0.2, 0.25) is 0 Å². The maximum Gasteiger partial charge on any atom is 0.259 e. The quantitative estimate of drug-likeness (QED) is 0.533. The summed E-state index contributed by atoms with van der Waals surface area (Å²) >= 11 is 0. The van der Waals surface area contributed by atoms with Gasteiger partial charge in [0, 0.05) is 37.2 Å². The molecule has 0 radical (unpaired) electrons. The van der Waals surface area contributed by atoms with Crippen molar-refractivity contribution >= 4 is 11.6 Å². The highest BCUT2D eigenvalue weighted by Gasteiger charge is 2.30. The van der Waals surface area contributed by atoms with E-state index < -0.39 is 0 Å². The van der Waals surface area contributed by atoms with E-state index >= 15 is 0 Å². The number of halogens is 1. The summed E-state index contributed by atoms with van der Waals surface area (Å²) in [6.45, 7) is 1.30. The highest BCUT2D eigenvalue weighted by molar-refractivity contribution is 5.97. The summed E-state index contributed by atoms with van der Waals surface area (Å²) < 4.78 is 16.9. The number of para-hydroxylation sites is 1. The summed E-state index contributed by atoms with van der Waals surface area (Å²) in [5.41, 5.74) is 2.26. The highest BCUT2D eigenvalue weighted by atomic mass is 19.1. The molecular formula is C24H22FN5O. The Bertz CT molecular complexity index is 1170. The third-order valence-electron chi connectivity index (χ3n) is 5.51. The van der Waals surface area contributed by atoms with Crippen molar-refractivity contribution in [2.75, 3.05) is 18.4 Å². The number of hydrogen-bond donors (Lipinski definition) is 1. The van der Waals surface area contributed by atoms with Crippen LogP contribution in [0.5, 0.6) is 0 Å². The third kappa shape index (κ3) is 3.82. The number of likely N-dealkylation sites (tertiary alicyclic amines) is 1. The molecule has 0 bridgehead atoms. The van der Waals surface area contributed by atoms with E-state index in [-0.39, 0.29) is 17.8 Å². The summed E-state index contributed by atoms with van der Waals surface area (Å²) in [5.74, 6) is 0.263. The van der Waals surface area contributed by atoms with E-state index in [0.29, 0.717) is 30.2 Å². The zero-order valence-corrected chi connectivity index (χ0v) is 16.9. The highest BCUT2D eigenvalue weighted by Crippen LogP contribution is 2.24. The van der Waals surface area contributed by atoms with Crippen molar-refractivity contribution in [1.82, 2.24) is 19.2 Å². The number of amides is 1. The van der Waals surface area contributed by atoms with Gasteiger partial charge in [-0.3, -0.25) is 4.79 Å². The fraction of sp³-hybridized carbons (Fsp3) is 0.167. The number of rotatable bonds is 5. The van der Waals surface area contributed by atoms with E-state index in [9.17, 15) is 9.18 Å². The molecule has 0 aliphatic carbocycles. The van der Waals surface area contributed by atoms with Gasteiger partial charge in [-0.25, -0.2) is 9.07 Å². The van der Waals surface area contributed by atoms with Crippen LogP contribution in [0.15, 0.2) is 85.3 Å². The molecule has 6 nitrogen and oxygen atoms in total. The molecule has 0 spiro atoms. The minimum atomic E-state index is -0.316. The number of aromatic nitrogens is 3. The molecule has 1 aliphatic rings. The number of nitrogens with zero attached hydrogens (tertiary/aromatic N) is 4. The Hall–Kier alpha value is -3.87. The monoisotopic (exact) mass is 415 g/mol. The minimum Gasteiger partial charge on any atom is -0.380 e. The number of hydrogen-bond acceptors (Lipinski definition) is 3. The largest absolute Gasteiger partial charge is 0.380 e. The molecule has 156 valence electrons. The first kappa shape index (κ1) is 19.1. The Morgan fingerprint density at radius 1 is 1.00 bits per heavy atom. The zero-order chi connectivity index (χ0) is 21.2.